The van der Waals surface area contributed by atoms with Gasteiger partial charge in [0.15, 0.2) is 0 Å². The monoisotopic (exact) mass is 567 g/mol. The lowest BCUT2D eigenvalue weighted by Crippen LogP contribution is -2.40. The summed E-state index contributed by atoms with van der Waals surface area (Å²) in [5.74, 6) is 0.685. The summed E-state index contributed by atoms with van der Waals surface area (Å²) < 4.78 is 19.8. The van der Waals surface area contributed by atoms with Crippen molar-refractivity contribution in [2.75, 3.05) is 40.3 Å². The third kappa shape index (κ3) is 7.96. The molecule has 1 heterocycles. The molecule has 0 radical (unpaired) electrons. The fourth-order valence-corrected chi connectivity index (χ4v) is 5.93. The van der Waals surface area contributed by atoms with Crippen LogP contribution in [0.4, 0.5) is 4.39 Å². The number of halogens is 1. The fourth-order valence-electron chi connectivity index (χ4n) is 5.93. The van der Waals surface area contributed by atoms with Gasteiger partial charge in [-0.3, -0.25) is 4.79 Å². The van der Waals surface area contributed by atoms with E-state index >= 15 is 0 Å². The van der Waals surface area contributed by atoms with Crippen LogP contribution in [0.2, 0.25) is 0 Å². The highest BCUT2D eigenvalue weighted by Gasteiger charge is 2.25. The highest BCUT2D eigenvalue weighted by molar-refractivity contribution is 5.94. The summed E-state index contributed by atoms with van der Waals surface area (Å²) >= 11 is 0. The summed E-state index contributed by atoms with van der Waals surface area (Å²) in [6.45, 7) is 3.40. The Balaban J connectivity index is 1.14. The number of carbonyl (C=O) groups is 1. The number of allylic oxidation sites excluding steroid dienone is 3. The quantitative estimate of drug-likeness (QED) is 0.278. The molecule has 220 valence electrons. The van der Waals surface area contributed by atoms with Gasteiger partial charge in [0.25, 0.3) is 5.91 Å². The van der Waals surface area contributed by atoms with E-state index in [4.69, 9.17) is 4.74 Å². The van der Waals surface area contributed by atoms with E-state index < -0.39 is 0 Å². The van der Waals surface area contributed by atoms with Gasteiger partial charge in [-0.05, 0) is 86.8 Å². The number of hydrogen-bond acceptors (Lipinski definition) is 4. The van der Waals surface area contributed by atoms with Gasteiger partial charge < -0.3 is 19.9 Å². The standard InChI is InChI=1S/C36H42FN3O2/c1-39(2)35(29-16-18-31(37)19-17-29)25-38-36(41)30-14-9-15-33(24-30)42-32-20-22-40(23-21-32)26-34(27-10-5-3-6-11-27)28-12-7-4-8-13-28/h3,5-7,9-19,24,32,34-35H,4,8,20-23,25-26H2,1-2H3,(H,38,41). The Labute approximate surface area is 249 Å². The molecule has 6 heteroatoms. The minimum absolute atomic E-state index is 0.0638. The average Bonchev–Trinajstić information content (AvgIpc) is 3.02. The first-order valence-electron chi connectivity index (χ1n) is 15.1. The predicted octanol–water partition coefficient (Wildman–Crippen LogP) is 6.76. The molecule has 5 nitrogen and oxygen atoms in total. The van der Waals surface area contributed by atoms with E-state index in [9.17, 15) is 9.18 Å². The lowest BCUT2D eigenvalue weighted by molar-refractivity contribution is 0.0932. The van der Waals surface area contributed by atoms with Crippen LogP contribution in [0.1, 0.15) is 59.1 Å². The zero-order valence-corrected chi connectivity index (χ0v) is 24.7. The van der Waals surface area contributed by atoms with Crippen LogP contribution in [0, 0.1) is 5.82 Å². The van der Waals surface area contributed by atoms with Crippen molar-refractivity contribution in [2.45, 2.75) is 43.7 Å². The van der Waals surface area contributed by atoms with E-state index in [0.29, 0.717) is 18.0 Å². The summed E-state index contributed by atoms with van der Waals surface area (Å²) in [5.41, 5.74) is 4.32. The highest BCUT2D eigenvalue weighted by atomic mass is 19.1. The largest absolute Gasteiger partial charge is 0.490 e. The Morgan fingerprint density at radius 2 is 1.74 bits per heavy atom. The number of carbonyl (C=O) groups excluding carboxylic acids is 1. The van der Waals surface area contributed by atoms with E-state index in [2.05, 4.69) is 58.8 Å². The van der Waals surface area contributed by atoms with Crippen molar-refractivity contribution < 1.29 is 13.9 Å². The molecule has 1 saturated heterocycles. The van der Waals surface area contributed by atoms with Crippen molar-refractivity contribution in [1.82, 2.24) is 15.1 Å². The number of piperidine rings is 1. The molecule has 0 saturated carbocycles. The van der Waals surface area contributed by atoms with E-state index in [1.165, 1.54) is 23.3 Å². The van der Waals surface area contributed by atoms with Crippen LogP contribution in [0.5, 0.6) is 5.75 Å². The van der Waals surface area contributed by atoms with Crippen LogP contribution >= 0.6 is 0 Å². The summed E-state index contributed by atoms with van der Waals surface area (Å²) in [6, 6.07) is 24.7. The molecule has 2 aliphatic rings. The van der Waals surface area contributed by atoms with Gasteiger partial charge in [-0.25, -0.2) is 4.39 Å². The molecule has 3 aromatic carbocycles. The van der Waals surface area contributed by atoms with Crippen molar-refractivity contribution in [2.24, 2.45) is 0 Å². The van der Waals surface area contributed by atoms with Crippen LogP contribution in [-0.4, -0.2) is 62.1 Å². The second-order valence-electron chi connectivity index (χ2n) is 11.5. The normalized spacial score (nSPS) is 17.5. The van der Waals surface area contributed by atoms with Crippen LogP contribution in [0.3, 0.4) is 0 Å². The number of nitrogens with zero attached hydrogens (tertiary/aromatic N) is 2. The molecule has 1 aliphatic carbocycles. The zero-order chi connectivity index (χ0) is 29.3. The Bertz CT molecular complexity index is 1360. The second kappa shape index (κ2) is 14.4. The summed E-state index contributed by atoms with van der Waals surface area (Å²) in [7, 11) is 3.90. The van der Waals surface area contributed by atoms with Gasteiger partial charge >= 0.3 is 0 Å². The first kappa shape index (κ1) is 29.7. The van der Waals surface area contributed by atoms with Gasteiger partial charge in [-0.1, -0.05) is 66.8 Å². The van der Waals surface area contributed by atoms with Gasteiger partial charge in [0.05, 0.1) is 6.04 Å². The van der Waals surface area contributed by atoms with Gasteiger partial charge in [0.2, 0.25) is 0 Å². The minimum atomic E-state index is -0.270. The molecule has 0 aromatic heterocycles. The second-order valence-corrected chi connectivity index (χ2v) is 11.5. The predicted molar refractivity (Wildman–Crippen MR) is 167 cm³/mol. The molecular formula is C36H42FN3O2. The summed E-state index contributed by atoms with van der Waals surface area (Å²) in [6.07, 6.45) is 11.3. The maximum atomic E-state index is 13.4. The van der Waals surface area contributed by atoms with Crippen LogP contribution in [0.15, 0.2) is 103 Å². The molecule has 1 N–H and O–H groups in total. The third-order valence-corrected chi connectivity index (χ3v) is 8.34. The Hall–Kier alpha value is -3.74. The third-order valence-electron chi connectivity index (χ3n) is 8.34. The van der Waals surface area contributed by atoms with E-state index in [1.54, 1.807) is 12.1 Å². The summed E-state index contributed by atoms with van der Waals surface area (Å²) in [4.78, 5) is 17.6. The maximum Gasteiger partial charge on any atom is 0.251 e. The zero-order valence-electron chi connectivity index (χ0n) is 24.7. The molecule has 1 aliphatic heterocycles. The Morgan fingerprint density at radius 3 is 2.43 bits per heavy atom. The number of nitrogens with one attached hydrogen (secondary N) is 1. The Kier molecular flexibility index (Phi) is 10.2. The molecule has 0 spiro atoms. The highest BCUT2D eigenvalue weighted by Crippen LogP contribution is 2.31. The number of benzene rings is 3. The lowest BCUT2D eigenvalue weighted by Gasteiger charge is -2.35. The maximum absolute atomic E-state index is 13.4. The molecule has 42 heavy (non-hydrogen) atoms. The first-order chi connectivity index (χ1) is 20.5. The van der Waals surface area contributed by atoms with Crippen molar-refractivity contribution in [3.63, 3.8) is 0 Å². The molecule has 2 atom stereocenters. The van der Waals surface area contributed by atoms with Crippen LogP contribution in [-0.2, 0) is 0 Å². The SMILES string of the molecule is CN(C)C(CNC(=O)c1cccc(OC2CCN(CC(C3=CCCC=C3)c3ccccc3)CC2)c1)c1ccc(F)cc1. The van der Waals surface area contributed by atoms with Crippen molar-refractivity contribution >= 4 is 5.91 Å². The molecule has 2 unspecified atom stereocenters. The average molecular weight is 568 g/mol. The molecular weight excluding hydrogens is 525 g/mol. The van der Waals surface area contributed by atoms with E-state index in [0.717, 1.165) is 56.6 Å². The number of rotatable bonds is 11. The molecule has 3 aromatic rings. The smallest absolute Gasteiger partial charge is 0.251 e. The number of likely N-dealkylation sites (N-methyl/N-ethyl adjacent to an activating group) is 1. The molecule has 5 rings (SSSR count). The van der Waals surface area contributed by atoms with Gasteiger partial charge in [0.1, 0.15) is 17.7 Å². The molecule has 1 amide bonds. The minimum Gasteiger partial charge on any atom is -0.490 e. The van der Waals surface area contributed by atoms with E-state index in [1.807, 2.05) is 43.3 Å². The molecule has 1 fully saturated rings. The fraction of sp³-hybridized carbons (Fsp3) is 0.361. The van der Waals surface area contributed by atoms with Crippen molar-refractivity contribution in [1.29, 1.82) is 0 Å². The number of likely N-dealkylation sites (tertiary alicyclic amines) is 1. The van der Waals surface area contributed by atoms with Gasteiger partial charge in [0, 0.05) is 37.7 Å². The van der Waals surface area contributed by atoms with Crippen molar-refractivity contribution in [3.8, 4) is 5.75 Å². The Morgan fingerprint density at radius 1 is 0.976 bits per heavy atom. The van der Waals surface area contributed by atoms with Crippen LogP contribution < -0.4 is 10.1 Å². The molecule has 0 bridgehead atoms. The summed E-state index contributed by atoms with van der Waals surface area (Å²) in [5, 5.41) is 3.04. The first-order valence-corrected chi connectivity index (χ1v) is 15.1. The van der Waals surface area contributed by atoms with Gasteiger partial charge in [-0.2, -0.15) is 0 Å². The van der Waals surface area contributed by atoms with Crippen molar-refractivity contribution in [3.05, 3.63) is 125 Å². The number of hydrogen-bond donors (Lipinski definition) is 1. The number of ether oxygens (including phenoxy) is 1. The number of amides is 1. The topological polar surface area (TPSA) is 44.8 Å². The lowest BCUT2D eigenvalue weighted by atomic mass is 9.87. The van der Waals surface area contributed by atoms with Gasteiger partial charge in [-0.15, -0.1) is 0 Å². The van der Waals surface area contributed by atoms with Crippen LogP contribution in [0.25, 0.3) is 0 Å². The van der Waals surface area contributed by atoms with E-state index in [-0.39, 0.29) is 23.9 Å².